The lowest BCUT2D eigenvalue weighted by molar-refractivity contribution is -0.139. The first kappa shape index (κ1) is 19.2. The van der Waals surface area contributed by atoms with Gasteiger partial charge in [0.15, 0.2) is 11.6 Å². The van der Waals surface area contributed by atoms with Crippen LogP contribution in [0.3, 0.4) is 0 Å². The van der Waals surface area contributed by atoms with Crippen LogP contribution in [0.5, 0.6) is 0 Å². The minimum absolute atomic E-state index is 0.0446. The minimum atomic E-state index is -1.30. The monoisotopic (exact) mass is 349 g/mol. The van der Waals surface area contributed by atoms with Crippen molar-refractivity contribution in [3.05, 3.63) is 34.4 Å². The van der Waals surface area contributed by atoms with Gasteiger partial charge in [-0.3, -0.25) is 4.79 Å². The zero-order chi connectivity index (χ0) is 17.9. The molecular weight excluding hydrogens is 332 g/mol. The van der Waals surface area contributed by atoms with Crippen LogP contribution in [0.2, 0.25) is 5.02 Å². The molecular formula is C15H18ClF2NO4. The average molecular weight is 350 g/mol. The third kappa shape index (κ3) is 5.35. The van der Waals surface area contributed by atoms with E-state index in [9.17, 15) is 23.5 Å². The van der Waals surface area contributed by atoms with Gasteiger partial charge in [0.25, 0.3) is 0 Å². The van der Waals surface area contributed by atoms with Gasteiger partial charge < -0.3 is 14.7 Å². The first-order valence-electron chi connectivity index (χ1n) is 6.73. The maximum atomic E-state index is 13.4. The van der Waals surface area contributed by atoms with Crippen molar-refractivity contribution in [2.24, 2.45) is 0 Å². The number of rotatable bonds is 4. The van der Waals surface area contributed by atoms with E-state index in [4.69, 9.17) is 16.3 Å². The third-order valence-electron chi connectivity index (χ3n) is 2.87. The van der Waals surface area contributed by atoms with Gasteiger partial charge in [0.2, 0.25) is 0 Å². The van der Waals surface area contributed by atoms with E-state index >= 15 is 0 Å². The molecule has 0 fully saturated rings. The summed E-state index contributed by atoms with van der Waals surface area (Å²) in [7, 11) is 1.35. The molecule has 0 heterocycles. The van der Waals surface area contributed by atoms with Crippen molar-refractivity contribution in [2.45, 2.75) is 32.3 Å². The molecule has 1 unspecified atom stereocenters. The highest BCUT2D eigenvalue weighted by atomic mass is 35.5. The molecule has 0 bridgehead atoms. The second-order valence-corrected chi connectivity index (χ2v) is 6.46. The molecule has 0 saturated heterocycles. The largest absolute Gasteiger partial charge is 0.481 e. The zero-order valence-electron chi connectivity index (χ0n) is 13.2. The summed E-state index contributed by atoms with van der Waals surface area (Å²) in [5, 5.41) is 8.78. The molecule has 0 aliphatic rings. The number of carbonyl (C=O) groups excluding carboxylic acids is 1. The van der Waals surface area contributed by atoms with E-state index in [1.807, 2.05) is 0 Å². The van der Waals surface area contributed by atoms with Crippen molar-refractivity contribution < 1.29 is 28.2 Å². The van der Waals surface area contributed by atoms with Crippen LogP contribution in [0.4, 0.5) is 13.6 Å². The number of benzene rings is 1. The lowest BCUT2D eigenvalue weighted by atomic mass is 9.98. The smallest absolute Gasteiger partial charge is 0.410 e. The molecule has 0 radical (unpaired) electrons. The quantitative estimate of drug-likeness (QED) is 0.842. The highest BCUT2D eigenvalue weighted by Crippen LogP contribution is 2.26. The van der Waals surface area contributed by atoms with E-state index in [0.29, 0.717) is 0 Å². The van der Waals surface area contributed by atoms with E-state index in [0.717, 1.165) is 17.0 Å². The number of carboxylic acids is 1. The fraction of sp³-hybridized carbons (Fsp3) is 0.467. The first-order valence-corrected chi connectivity index (χ1v) is 7.11. The summed E-state index contributed by atoms with van der Waals surface area (Å²) in [4.78, 5) is 24.4. The number of carbonyl (C=O) groups is 2. The van der Waals surface area contributed by atoms with Crippen LogP contribution in [0.1, 0.15) is 32.3 Å². The number of hydrogen-bond acceptors (Lipinski definition) is 3. The molecule has 0 aliphatic heterocycles. The molecule has 0 spiro atoms. The van der Waals surface area contributed by atoms with E-state index in [1.54, 1.807) is 20.8 Å². The molecule has 1 rings (SSSR count). The summed E-state index contributed by atoms with van der Waals surface area (Å²) in [6, 6.07) is 1.78. The first-order chi connectivity index (χ1) is 10.4. The summed E-state index contributed by atoms with van der Waals surface area (Å²) >= 11 is 5.54. The number of likely N-dealkylation sites (N-methyl/N-ethyl adjacent to an activating group) is 1. The lowest BCUT2D eigenvalue weighted by Gasteiger charge is -2.26. The molecule has 0 aliphatic carbocycles. The Labute approximate surface area is 137 Å². The summed E-state index contributed by atoms with van der Waals surface area (Å²) < 4.78 is 31.8. The normalized spacial score (nSPS) is 12.7. The van der Waals surface area contributed by atoms with E-state index in [-0.39, 0.29) is 12.1 Å². The summed E-state index contributed by atoms with van der Waals surface area (Å²) in [5.41, 5.74) is -0.785. The summed E-state index contributed by atoms with van der Waals surface area (Å²) in [5.74, 6) is -5.08. The summed E-state index contributed by atoms with van der Waals surface area (Å²) in [6.07, 6.45) is -0.725. The molecule has 128 valence electrons. The van der Waals surface area contributed by atoms with Gasteiger partial charge in [-0.25, -0.2) is 13.6 Å². The Kier molecular flexibility index (Phi) is 5.93. The van der Waals surface area contributed by atoms with Gasteiger partial charge in [0.05, 0.1) is 10.9 Å². The molecule has 0 saturated carbocycles. The topological polar surface area (TPSA) is 66.8 Å². The van der Waals surface area contributed by atoms with Crippen LogP contribution < -0.4 is 0 Å². The molecule has 1 aromatic carbocycles. The molecule has 1 N–H and O–H groups in total. The van der Waals surface area contributed by atoms with Gasteiger partial charge in [-0.1, -0.05) is 11.6 Å². The number of nitrogens with zero attached hydrogens (tertiary/aromatic N) is 1. The van der Waals surface area contributed by atoms with Crippen LogP contribution in [-0.4, -0.2) is 41.3 Å². The van der Waals surface area contributed by atoms with Gasteiger partial charge >= 0.3 is 12.1 Å². The Morgan fingerprint density at radius 2 is 1.91 bits per heavy atom. The number of ether oxygens (including phenoxy) is 1. The second-order valence-electron chi connectivity index (χ2n) is 6.05. The number of amides is 1. The molecule has 1 aromatic rings. The van der Waals surface area contributed by atoms with Crippen molar-refractivity contribution in [2.75, 3.05) is 13.6 Å². The zero-order valence-corrected chi connectivity index (χ0v) is 13.9. The molecule has 8 heteroatoms. The fourth-order valence-corrected chi connectivity index (χ4v) is 2.01. The van der Waals surface area contributed by atoms with Crippen LogP contribution >= 0.6 is 11.6 Å². The Morgan fingerprint density at radius 3 is 2.35 bits per heavy atom. The van der Waals surface area contributed by atoms with Crippen LogP contribution in [0.15, 0.2) is 12.1 Å². The Hall–Kier alpha value is -1.89. The van der Waals surface area contributed by atoms with Gasteiger partial charge in [-0.2, -0.15) is 0 Å². The third-order valence-corrected chi connectivity index (χ3v) is 3.14. The number of aliphatic carboxylic acids is 1. The average Bonchev–Trinajstić information content (AvgIpc) is 2.38. The maximum absolute atomic E-state index is 13.4. The molecule has 23 heavy (non-hydrogen) atoms. The molecule has 1 atom stereocenters. The van der Waals surface area contributed by atoms with E-state index in [1.165, 1.54) is 7.05 Å². The van der Waals surface area contributed by atoms with E-state index in [2.05, 4.69) is 0 Å². The highest BCUT2D eigenvalue weighted by Gasteiger charge is 2.28. The predicted molar refractivity (Wildman–Crippen MR) is 80.6 cm³/mol. The van der Waals surface area contributed by atoms with Gasteiger partial charge in [0.1, 0.15) is 5.60 Å². The summed E-state index contributed by atoms with van der Waals surface area (Å²) in [6.45, 7) is 4.72. The molecule has 1 amide bonds. The van der Waals surface area contributed by atoms with Gasteiger partial charge in [0, 0.05) is 13.6 Å². The van der Waals surface area contributed by atoms with Crippen LogP contribution in [0.25, 0.3) is 0 Å². The highest BCUT2D eigenvalue weighted by molar-refractivity contribution is 6.30. The lowest BCUT2D eigenvalue weighted by Crippen LogP contribution is -2.38. The standard InChI is InChI=1S/C15H18ClF2NO4/c1-15(2,3)23-14(22)19(4)7-9(13(20)21)8-5-10(16)12(18)11(17)6-8/h5-6,9H,7H2,1-4H3,(H,20,21). The van der Waals surface area contributed by atoms with Gasteiger partial charge in [-0.05, 0) is 38.5 Å². The van der Waals surface area contributed by atoms with Crippen molar-refractivity contribution in [3.8, 4) is 0 Å². The fourth-order valence-electron chi connectivity index (χ4n) is 1.79. The van der Waals surface area contributed by atoms with E-state index < -0.39 is 40.2 Å². The Balaban J connectivity index is 3.01. The minimum Gasteiger partial charge on any atom is -0.481 e. The van der Waals surface area contributed by atoms with Crippen molar-refractivity contribution in [1.29, 1.82) is 0 Å². The SMILES string of the molecule is CN(CC(C(=O)O)c1cc(F)c(F)c(Cl)c1)C(=O)OC(C)(C)C. The number of carboxylic acid groups (broad SMARTS) is 1. The predicted octanol–water partition coefficient (Wildman–Crippen LogP) is 3.65. The Morgan fingerprint density at radius 1 is 1.35 bits per heavy atom. The van der Waals surface area contributed by atoms with Crippen molar-refractivity contribution in [3.63, 3.8) is 0 Å². The number of halogens is 3. The molecule has 5 nitrogen and oxygen atoms in total. The van der Waals surface area contributed by atoms with Crippen molar-refractivity contribution in [1.82, 2.24) is 4.90 Å². The van der Waals surface area contributed by atoms with Gasteiger partial charge in [-0.15, -0.1) is 0 Å². The van der Waals surface area contributed by atoms with Crippen LogP contribution in [-0.2, 0) is 9.53 Å². The van der Waals surface area contributed by atoms with Crippen LogP contribution in [0, 0.1) is 11.6 Å². The number of hydrogen-bond donors (Lipinski definition) is 1. The Bertz CT molecular complexity index is 593. The maximum Gasteiger partial charge on any atom is 0.410 e. The van der Waals surface area contributed by atoms with Crippen molar-refractivity contribution >= 4 is 23.7 Å². The molecule has 0 aromatic heterocycles. The second kappa shape index (κ2) is 7.12.